The van der Waals surface area contributed by atoms with Crippen LogP contribution in [0.1, 0.15) is 12.0 Å². The molecule has 94 valence electrons. The second kappa shape index (κ2) is 3.47. The van der Waals surface area contributed by atoms with Gasteiger partial charge in [0, 0.05) is 5.69 Å². The number of carboxylic acids is 1. The second-order valence-electron chi connectivity index (χ2n) is 4.55. The van der Waals surface area contributed by atoms with E-state index in [4.69, 9.17) is 9.84 Å². The minimum atomic E-state index is -0.931. The number of anilines is 1. The van der Waals surface area contributed by atoms with Crippen LogP contribution in [0.5, 0.6) is 5.75 Å². The predicted molar refractivity (Wildman–Crippen MR) is 66.7 cm³/mol. The average Bonchev–Trinajstić information content (AvgIpc) is 3.00. The molecule has 2 aliphatic rings. The number of halogens is 1. The van der Waals surface area contributed by atoms with Crippen LogP contribution in [-0.4, -0.2) is 24.1 Å². The smallest absolute Gasteiger partial charge is 0.307 e. The highest BCUT2D eigenvalue weighted by molar-refractivity contribution is 9.10. The van der Waals surface area contributed by atoms with Crippen LogP contribution in [0, 0.1) is 5.92 Å². The van der Waals surface area contributed by atoms with E-state index in [1.54, 1.807) is 12.1 Å². The monoisotopic (exact) mass is 311 g/mol. The Bertz CT molecular complexity index is 586. The van der Waals surface area contributed by atoms with Crippen molar-refractivity contribution in [3.63, 3.8) is 0 Å². The molecule has 3 rings (SSSR count). The average molecular weight is 312 g/mol. The zero-order chi connectivity index (χ0) is 13.1. The van der Waals surface area contributed by atoms with Gasteiger partial charge in [-0.1, -0.05) is 0 Å². The van der Waals surface area contributed by atoms with Gasteiger partial charge in [-0.25, -0.2) is 0 Å². The van der Waals surface area contributed by atoms with E-state index in [1.165, 1.54) is 7.11 Å². The van der Waals surface area contributed by atoms with Crippen molar-refractivity contribution in [2.45, 2.75) is 11.8 Å². The van der Waals surface area contributed by atoms with Gasteiger partial charge >= 0.3 is 5.97 Å². The fourth-order valence-corrected chi connectivity index (χ4v) is 3.15. The zero-order valence-electron chi connectivity index (χ0n) is 9.49. The molecule has 0 aromatic heterocycles. The Hall–Kier alpha value is -1.56. The first-order valence-corrected chi connectivity index (χ1v) is 6.22. The molecular formula is C12H10BrNO4. The van der Waals surface area contributed by atoms with Crippen LogP contribution in [0.15, 0.2) is 16.6 Å². The topological polar surface area (TPSA) is 75.6 Å². The lowest BCUT2D eigenvalue weighted by Crippen LogP contribution is -2.24. The first-order valence-electron chi connectivity index (χ1n) is 5.43. The summed E-state index contributed by atoms with van der Waals surface area (Å²) in [5.41, 5.74) is 0.492. The quantitative estimate of drug-likeness (QED) is 0.872. The normalized spacial score (nSPS) is 27.9. The number of hydrogen-bond donors (Lipinski definition) is 2. The van der Waals surface area contributed by atoms with E-state index in [1.807, 2.05) is 0 Å². The number of methoxy groups -OCH3 is 1. The number of ether oxygens (including phenoxy) is 1. The molecule has 1 fully saturated rings. The first kappa shape index (κ1) is 11.5. The van der Waals surface area contributed by atoms with E-state index >= 15 is 0 Å². The Morgan fingerprint density at radius 3 is 2.89 bits per heavy atom. The molecule has 2 unspecified atom stereocenters. The van der Waals surface area contributed by atoms with Gasteiger partial charge in [-0.2, -0.15) is 0 Å². The van der Waals surface area contributed by atoms with E-state index in [0.717, 1.165) is 10.0 Å². The van der Waals surface area contributed by atoms with Crippen molar-refractivity contribution in [2.75, 3.05) is 12.4 Å². The second-order valence-corrected chi connectivity index (χ2v) is 5.41. The molecule has 5 nitrogen and oxygen atoms in total. The van der Waals surface area contributed by atoms with Crippen molar-refractivity contribution in [3.05, 3.63) is 22.2 Å². The third-order valence-corrected chi connectivity index (χ3v) is 4.30. The van der Waals surface area contributed by atoms with E-state index in [0.29, 0.717) is 17.9 Å². The van der Waals surface area contributed by atoms with E-state index in [9.17, 15) is 9.59 Å². The fourth-order valence-electron chi connectivity index (χ4n) is 2.65. The molecule has 0 radical (unpaired) electrons. The third-order valence-electron chi connectivity index (χ3n) is 3.68. The molecule has 1 spiro atoms. The molecule has 1 amide bonds. The van der Waals surface area contributed by atoms with Gasteiger partial charge in [0.15, 0.2) is 0 Å². The molecule has 18 heavy (non-hydrogen) atoms. The van der Waals surface area contributed by atoms with Crippen LogP contribution in [0.25, 0.3) is 0 Å². The standard InChI is InChI=1S/C12H10BrNO4/c1-18-9-2-5-8(3-7(9)13)14-11(17)12(5)4-6(12)10(15)16/h2-3,6H,4H2,1H3,(H,14,17)(H,15,16). The minimum absolute atomic E-state index is 0.231. The van der Waals surface area contributed by atoms with Gasteiger partial charge in [0.05, 0.1) is 22.9 Å². The fraction of sp³-hybridized carbons (Fsp3) is 0.333. The molecule has 2 atom stereocenters. The number of nitrogens with one attached hydrogen (secondary N) is 1. The molecule has 0 bridgehead atoms. The van der Waals surface area contributed by atoms with Gasteiger partial charge in [0.2, 0.25) is 5.91 Å². The van der Waals surface area contributed by atoms with Crippen LogP contribution in [0.3, 0.4) is 0 Å². The van der Waals surface area contributed by atoms with Crippen LogP contribution < -0.4 is 10.1 Å². The van der Waals surface area contributed by atoms with Crippen molar-refractivity contribution >= 4 is 33.5 Å². The van der Waals surface area contributed by atoms with Crippen LogP contribution in [-0.2, 0) is 15.0 Å². The van der Waals surface area contributed by atoms with Crippen molar-refractivity contribution in [3.8, 4) is 5.75 Å². The van der Waals surface area contributed by atoms with Crippen molar-refractivity contribution in [2.24, 2.45) is 5.92 Å². The lowest BCUT2D eigenvalue weighted by molar-refractivity contribution is -0.140. The SMILES string of the molecule is COc1cc2c(cc1Br)NC(=O)C21CC1C(=O)O. The highest BCUT2D eigenvalue weighted by Crippen LogP contribution is 2.61. The molecule has 2 N–H and O–H groups in total. The Labute approximate surface area is 111 Å². The largest absolute Gasteiger partial charge is 0.496 e. The molecule has 1 aromatic rings. The number of hydrogen-bond acceptors (Lipinski definition) is 3. The van der Waals surface area contributed by atoms with Crippen LogP contribution >= 0.6 is 15.9 Å². The van der Waals surface area contributed by atoms with Crippen LogP contribution in [0.4, 0.5) is 5.69 Å². The summed E-state index contributed by atoms with van der Waals surface area (Å²) in [4.78, 5) is 23.1. The lowest BCUT2D eigenvalue weighted by Gasteiger charge is -2.09. The maximum Gasteiger partial charge on any atom is 0.307 e. The van der Waals surface area contributed by atoms with Crippen molar-refractivity contribution in [1.29, 1.82) is 0 Å². The summed E-state index contributed by atoms with van der Waals surface area (Å²) in [5.74, 6) is -1.20. The maximum absolute atomic E-state index is 12.0. The lowest BCUT2D eigenvalue weighted by atomic mass is 9.94. The maximum atomic E-state index is 12.0. The minimum Gasteiger partial charge on any atom is -0.496 e. The number of fused-ring (bicyclic) bond motifs is 2. The summed E-state index contributed by atoms with van der Waals surface area (Å²) in [5, 5.41) is 11.8. The van der Waals surface area contributed by atoms with Gasteiger partial charge in [0.1, 0.15) is 5.75 Å². The number of rotatable bonds is 2. The molecule has 1 aliphatic heterocycles. The Balaban J connectivity index is 2.14. The summed E-state index contributed by atoms with van der Waals surface area (Å²) in [6.45, 7) is 0. The van der Waals surface area contributed by atoms with Crippen LogP contribution in [0.2, 0.25) is 0 Å². The molecule has 1 aromatic carbocycles. The molecule has 1 heterocycles. The van der Waals surface area contributed by atoms with E-state index < -0.39 is 17.3 Å². The van der Waals surface area contributed by atoms with Gasteiger partial charge in [-0.15, -0.1) is 0 Å². The predicted octanol–water partition coefficient (Wildman–Crippen LogP) is 1.75. The Kier molecular flexibility index (Phi) is 2.22. The molecule has 1 saturated carbocycles. The van der Waals surface area contributed by atoms with Gasteiger partial charge in [-0.05, 0) is 40.0 Å². The molecular weight excluding hydrogens is 302 g/mol. The Morgan fingerprint density at radius 2 is 2.33 bits per heavy atom. The number of amides is 1. The number of carbonyl (C=O) groups is 2. The van der Waals surface area contributed by atoms with Crippen molar-refractivity contribution < 1.29 is 19.4 Å². The highest BCUT2D eigenvalue weighted by atomic mass is 79.9. The summed E-state index contributed by atoms with van der Waals surface area (Å²) in [6, 6.07) is 3.48. The summed E-state index contributed by atoms with van der Waals surface area (Å²) < 4.78 is 5.92. The molecule has 6 heteroatoms. The highest BCUT2D eigenvalue weighted by Gasteiger charge is 2.68. The van der Waals surface area contributed by atoms with E-state index in [-0.39, 0.29) is 5.91 Å². The zero-order valence-corrected chi connectivity index (χ0v) is 11.1. The first-order chi connectivity index (χ1) is 8.50. The summed E-state index contributed by atoms with van der Waals surface area (Å²) >= 11 is 3.34. The molecule has 1 aliphatic carbocycles. The number of aliphatic carboxylic acids is 1. The Morgan fingerprint density at radius 1 is 1.61 bits per heavy atom. The third kappa shape index (κ3) is 1.26. The molecule has 0 saturated heterocycles. The van der Waals surface area contributed by atoms with Gasteiger partial charge in [-0.3, -0.25) is 9.59 Å². The number of carbonyl (C=O) groups excluding carboxylic acids is 1. The van der Waals surface area contributed by atoms with Crippen molar-refractivity contribution in [1.82, 2.24) is 0 Å². The van der Waals surface area contributed by atoms with Gasteiger partial charge in [0.25, 0.3) is 0 Å². The number of benzene rings is 1. The van der Waals surface area contributed by atoms with Gasteiger partial charge < -0.3 is 15.2 Å². The summed E-state index contributed by atoms with van der Waals surface area (Å²) in [7, 11) is 1.53. The summed E-state index contributed by atoms with van der Waals surface area (Å²) in [6.07, 6.45) is 0.353. The number of carboxylic acid groups (broad SMARTS) is 1. The van der Waals surface area contributed by atoms with E-state index in [2.05, 4.69) is 21.2 Å².